The highest BCUT2D eigenvalue weighted by Gasteiger charge is 2.18. The largest absolute Gasteiger partial charge is 0.310 e. The monoisotopic (exact) mass is 555 g/mol. The van der Waals surface area contributed by atoms with Gasteiger partial charge in [-0.1, -0.05) is 103 Å². The second-order valence-electron chi connectivity index (χ2n) is 10.3. The molecule has 198 valence electrons. The Kier molecular flexibility index (Phi) is 5.98. The summed E-state index contributed by atoms with van der Waals surface area (Å²) in [5, 5.41) is 3.59. The first-order valence-corrected chi connectivity index (χ1v) is 14.8. The molecule has 0 aliphatic heterocycles. The normalized spacial score (nSPS) is 11.3. The molecule has 0 radical (unpaired) electrons. The molecule has 0 atom stereocenters. The molecule has 8 aromatic rings. The summed E-state index contributed by atoms with van der Waals surface area (Å²) in [6.45, 7) is 0. The van der Waals surface area contributed by atoms with Gasteiger partial charge in [0.1, 0.15) is 0 Å². The fraction of sp³-hybridized carbons (Fsp3) is 0. The van der Waals surface area contributed by atoms with Crippen LogP contribution < -0.4 is 4.90 Å². The van der Waals surface area contributed by atoms with Gasteiger partial charge in [-0.3, -0.25) is 0 Å². The summed E-state index contributed by atoms with van der Waals surface area (Å²) in [6, 6.07) is 53.1. The minimum Gasteiger partial charge on any atom is -0.310 e. The van der Waals surface area contributed by atoms with Gasteiger partial charge >= 0.3 is 0 Å². The van der Waals surface area contributed by atoms with Crippen molar-refractivity contribution in [3.8, 4) is 22.6 Å². The quantitative estimate of drug-likeness (QED) is 0.211. The Labute approximate surface area is 248 Å². The number of anilines is 3. The highest BCUT2D eigenvalue weighted by Crippen LogP contribution is 2.41. The van der Waals surface area contributed by atoms with Crippen molar-refractivity contribution in [1.82, 2.24) is 9.97 Å². The van der Waals surface area contributed by atoms with Crippen LogP contribution in [0.15, 0.2) is 152 Å². The van der Waals surface area contributed by atoms with E-state index < -0.39 is 0 Å². The van der Waals surface area contributed by atoms with Gasteiger partial charge in [-0.05, 0) is 53.9 Å². The average molecular weight is 556 g/mol. The van der Waals surface area contributed by atoms with E-state index >= 15 is 0 Å². The van der Waals surface area contributed by atoms with E-state index in [9.17, 15) is 0 Å². The number of hydrogen-bond donors (Lipinski definition) is 0. The van der Waals surface area contributed by atoms with Crippen molar-refractivity contribution >= 4 is 59.5 Å². The number of hydrogen-bond acceptors (Lipinski definition) is 4. The molecule has 6 aromatic carbocycles. The summed E-state index contributed by atoms with van der Waals surface area (Å²) >= 11 is 1.76. The molecule has 2 aromatic heterocycles. The van der Waals surface area contributed by atoms with Crippen LogP contribution in [0.25, 0.3) is 53.7 Å². The van der Waals surface area contributed by atoms with Crippen molar-refractivity contribution < 1.29 is 0 Å². The Morgan fingerprint density at radius 2 is 1.12 bits per heavy atom. The molecule has 8 rings (SSSR count). The van der Waals surface area contributed by atoms with E-state index in [1.165, 1.54) is 20.9 Å². The Morgan fingerprint density at radius 3 is 1.93 bits per heavy atom. The van der Waals surface area contributed by atoms with Gasteiger partial charge in [0.25, 0.3) is 0 Å². The summed E-state index contributed by atoms with van der Waals surface area (Å²) in [5.74, 6) is 0.730. The third-order valence-corrected chi connectivity index (χ3v) is 8.84. The topological polar surface area (TPSA) is 29.0 Å². The third-order valence-electron chi connectivity index (χ3n) is 7.67. The lowest BCUT2D eigenvalue weighted by Crippen LogP contribution is -2.10. The predicted octanol–water partition coefficient (Wildman–Crippen LogP) is 10.8. The summed E-state index contributed by atoms with van der Waals surface area (Å²) in [7, 11) is 0. The van der Waals surface area contributed by atoms with Gasteiger partial charge in [0, 0.05) is 38.0 Å². The second kappa shape index (κ2) is 10.3. The first-order valence-electron chi connectivity index (χ1n) is 14.0. The van der Waals surface area contributed by atoms with Crippen molar-refractivity contribution in [2.75, 3.05) is 4.90 Å². The van der Waals surface area contributed by atoms with Crippen LogP contribution in [0.1, 0.15) is 0 Å². The van der Waals surface area contributed by atoms with Gasteiger partial charge in [-0.15, -0.1) is 11.3 Å². The highest BCUT2D eigenvalue weighted by molar-refractivity contribution is 7.26. The fourth-order valence-corrected chi connectivity index (χ4v) is 6.83. The zero-order chi connectivity index (χ0) is 27.9. The number of fused-ring (bicyclic) bond motifs is 4. The molecule has 0 saturated carbocycles. The maximum Gasteiger partial charge on any atom is 0.160 e. The smallest absolute Gasteiger partial charge is 0.160 e. The number of aromatic nitrogens is 2. The molecule has 42 heavy (non-hydrogen) atoms. The maximum atomic E-state index is 5.15. The molecular formula is C38H25N3S. The molecule has 0 aliphatic carbocycles. The van der Waals surface area contributed by atoms with E-state index in [2.05, 4.69) is 150 Å². The molecule has 0 unspecified atom stereocenters. The minimum absolute atomic E-state index is 0.730. The average Bonchev–Trinajstić information content (AvgIpc) is 3.45. The molecule has 0 fully saturated rings. The van der Waals surface area contributed by atoms with Crippen molar-refractivity contribution in [3.63, 3.8) is 0 Å². The standard InChI is InChI=1S/C38H25N3S/c1-3-13-27(14-4-1)35-37-36(32-19-9-10-21-34(32)42-37)40-38(39-35)28-22-24-30(25-23-28)41(29-16-5-2-6-17-29)33-20-11-15-26-12-7-8-18-31(26)33/h1-25H. The van der Waals surface area contributed by atoms with Crippen molar-refractivity contribution in [1.29, 1.82) is 0 Å². The molecule has 0 N–H and O–H groups in total. The number of rotatable bonds is 5. The Balaban J connectivity index is 1.29. The number of benzene rings is 6. The van der Waals surface area contributed by atoms with E-state index in [1.54, 1.807) is 11.3 Å². The van der Waals surface area contributed by atoms with Gasteiger partial charge < -0.3 is 4.90 Å². The van der Waals surface area contributed by atoms with Crippen LogP contribution in [0.4, 0.5) is 17.1 Å². The van der Waals surface area contributed by atoms with Crippen LogP contribution in [0.3, 0.4) is 0 Å². The third kappa shape index (κ3) is 4.21. The van der Waals surface area contributed by atoms with Crippen molar-refractivity contribution in [2.45, 2.75) is 0 Å². The second-order valence-corrected chi connectivity index (χ2v) is 11.3. The Bertz CT molecular complexity index is 2180. The predicted molar refractivity (Wildman–Crippen MR) is 178 cm³/mol. The molecular weight excluding hydrogens is 531 g/mol. The summed E-state index contributed by atoms with van der Waals surface area (Å²) in [4.78, 5) is 12.6. The number of nitrogens with zero attached hydrogens (tertiary/aromatic N) is 3. The van der Waals surface area contributed by atoms with Gasteiger partial charge in [-0.25, -0.2) is 9.97 Å². The van der Waals surface area contributed by atoms with Gasteiger partial charge in [-0.2, -0.15) is 0 Å². The van der Waals surface area contributed by atoms with E-state index in [-0.39, 0.29) is 0 Å². The van der Waals surface area contributed by atoms with Crippen molar-refractivity contribution in [2.24, 2.45) is 0 Å². The maximum absolute atomic E-state index is 5.15. The van der Waals surface area contributed by atoms with E-state index in [1.807, 2.05) is 6.07 Å². The number of para-hydroxylation sites is 1. The minimum atomic E-state index is 0.730. The molecule has 2 heterocycles. The van der Waals surface area contributed by atoms with Gasteiger partial charge in [0.2, 0.25) is 0 Å². The first-order chi connectivity index (χ1) is 20.8. The van der Waals surface area contributed by atoms with Crippen LogP contribution in [0.5, 0.6) is 0 Å². The Morgan fingerprint density at radius 1 is 0.476 bits per heavy atom. The molecule has 0 bridgehead atoms. The van der Waals surface area contributed by atoms with Gasteiger partial charge in [0.15, 0.2) is 5.82 Å². The van der Waals surface area contributed by atoms with E-state index in [4.69, 9.17) is 9.97 Å². The molecule has 3 nitrogen and oxygen atoms in total. The van der Waals surface area contributed by atoms with Crippen molar-refractivity contribution in [3.05, 3.63) is 152 Å². The summed E-state index contributed by atoms with van der Waals surface area (Å²) in [5.41, 5.74) is 7.38. The van der Waals surface area contributed by atoms with Crippen LogP contribution >= 0.6 is 11.3 Å². The lowest BCUT2D eigenvalue weighted by Gasteiger charge is -2.27. The summed E-state index contributed by atoms with van der Waals surface area (Å²) < 4.78 is 2.34. The molecule has 0 aliphatic rings. The van der Waals surface area contributed by atoms with Gasteiger partial charge in [0.05, 0.1) is 21.6 Å². The highest BCUT2D eigenvalue weighted by atomic mass is 32.1. The Hall–Kier alpha value is -5.32. The molecule has 0 saturated heterocycles. The van der Waals surface area contributed by atoms with Crippen LogP contribution in [0, 0.1) is 0 Å². The zero-order valence-electron chi connectivity index (χ0n) is 22.7. The van der Waals surface area contributed by atoms with Crippen LogP contribution in [-0.4, -0.2) is 9.97 Å². The zero-order valence-corrected chi connectivity index (χ0v) is 23.5. The first kappa shape index (κ1) is 24.5. The molecule has 4 heteroatoms. The van der Waals surface area contributed by atoms with Crippen LogP contribution in [-0.2, 0) is 0 Å². The number of thiophene rings is 1. The lowest BCUT2D eigenvalue weighted by atomic mass is 10.1. The molecule has 0 spiro atoms. The molecule has 0 amide bonds. The fourth-order valence-electron chi connectivity index (χ4n) is 5.68. The van der Waals surface area contributed by atoms with E-state index in [0.29, 0.717) is 0 Å². The SMILES string of the molecule is c1ccc(-c2nc(-c3ccc(N(c4ccccc4)c4cccc5ccccc45)cc3)nc3c2sc2ccccc23)cc1. The lowest BCUT2D eigenvalue weighted by molar-refractivity contribution is 1.23. The van der Waals surface area contributed by atoms with E-state index in [0.717, 1.165) is 49.9 Å². The summed E-state index contributed by atoms with van der Waals surface area (Å²) in [6.07, 6.45) is 0. The van der Waals surface area contributed by atoms with Crippen LogP contribution in [0.2, 0.25) is 0 Å².